The van der Waals surface area contributed by atoms with Crippen LogP contribution in [0.3, 0.4) is 0 Å². The van der Waals surface area contributed by atoms with Crippen LogP contribution in [0.15, 0.2) is 18.2 Å². The number of anilines is 1. The van der Waals surface area contributed by atoms with Crippen LogP contribution >= 0.6 is 0 Å². The molecule has 0 spiro atoms. The van der Waals surface area contributed by atoms with Crippen molar-refractivity contribution in [1.29, 1.82) is 0 Å². The maximum atomic E-state index is 11.7. The Morgan fingerprint density at radius 1 is 1.26 bits per heavy atom. The number of nitrogens with one attached hydrogen (secondary N) is 1. The van der Waals surface area contributed by atoms with Crippen molar-refractivity contribution in [3.05, 3.63) is 29.3 Å². The number of rotatable bonds is 4. The molecule has 0 saturated carbocycles. The number of amides is 1. The predicted octanol–water partition coefficient (Wildman–Crippen LogP) is 4.68. The van der Waals surface area contributed by atoms with Crippen molar-refractivity contribution in [2.24, 2.45) is 0 Å². The standard InChI is InChI=1S/C16H25NO2/c1-6-7-8-13-9-12(2)10-14(11-13)17-15(18)19-16(3,4)5/h9-11H,6-8H2,1-5H3,(H,17,18). The van der Waals surface area contributed by atoms with E-state index in [4.69, 9.17) is 4.74 Å². The summed E-state index contributed by atoms with van der Waals surface area (Å²) in [7, 11) is 0. The van der Waals surface area contributed by atoms with E-state index in [9.17, 15) is 4.79 Å². The van der Waals surface area contributed by atoms with Gasteiger partial charge in [0.25, 0.3) is 0 Å². The van der Waals surface area contributed by atoms with Gasteiger partial charge in [-0.2, -0.15) is 0 Å². The van der Waals surface area contributed by atoms with Crippen LogP contribution in [0.4, 0.5) is 10.5 Å². The third kappa shape index (κ3) is 6.27. The Bertz CT molecular complexity index is 433. The first-order chi connectivity index (χ1) is 8.80. The molecule has 1 rings (SSSR count). The number of aryl methyl sites for hydroxylation is 2. The molecule has 0 saturated heterocycles. The normalized spacial score (nSPS) is 11.2. The second-order valence-electron chi connectivity index (χ2n) is 5.94. The van der Waals surface area contributed by atoms with Crippen LogP contribution in [-0.4, -0.2) is 11.7 Å². The average molecular weight is 263 g/mol. The second kappa shape index (κ2) is 6.60. The van der Waals surface area contributed by atoms with E-state index >= 15 is 0 Å². The van der Waals surface area contributed by atoms with Gasteiger partial charge in [-0.25, -0.2) is 4.79 Å². The zero-order valence-electron chi connectivity index (χ0n) is 12.7. The fourth-order valence-electron chi connectivity index (χ4n) is 1.88. The molecule has 1 aromatic rings. The molecule has 19 heavy (non-hydrogen) atoms. The number of hydrogen-bond acceptors (Lipinski definition) is 2. The van der Waals surface area contributed by atoms with Gasteiger partial charge in [-0.3, -0.25) is 5.32 Å². The van der Waals surface area contributed by atoms with E-state index in [0.29, 0.717) is 0 Å². The highest BCUT2D eigenvalue weighted by Crippen LogP contribution is 2.17. The number of benzene rings is 1. The van der Waals surface area contributed by atoms with Crippen LogP contribution in [0.25, 0.3) is 0 Å². The van der Waals surface area contributed by atoms with Crippen LogP contribution in [0.1, 0.15) is 51.7 Å². The monoisotopic (exact) mass is 263 g/mol. The van der Waals surface area contributed by atoms with Gasteiger partial charge in [-0.05, 0) is 63.8 Å². The Balaban J connectivity index is 2.72. The van der Waals surface area contributed by atoms with E-state index in [1.807, 2.05) is 39.8 Å². The molecule has 0 radical (unpaired) electrons. The summed E-state index contributed by atoms with van der Waals surface area (Å²) in [6.07, 6.45) is 2.97. The minimum absolute atomic E-state index is 0.403. The van der Waals surface area contributed by atoms with E-state index in [0.717, 1.165) is 24.1 Å². The summed E-state index contributed by atoms with van der Waals surface area (Å²) in [6.45, 7) is 9.78. The van der Waals surface area contributed by atoms with E-state index in [2.05, 4.69) is 18.3 Å². The topological polar surface area (TPSA) is 38.3 Å². The van der Waals surface area contributed by atoms with Crippen molar-refractivity contribution in [1.82, 2.24) is 0 Å². The van der Waals surface area contributed by atoms with Gasteiger partial charge in [0.05, 0.1) is 0 Å². The third-order valence-electron chi connectivity index (χ3n) is 2.60. The molecule has 3 heteroatoms. The summed E-state index contributed by atoms with van der Waals surface area (Å²) in [5, 5.41) is 2.79. The smallest absolute Gasteiger partial charge is 0.412 e. The van der Waals surface area contributed by atoms with Gasteiger partial charge in [-0.15, -0.1) is 0 Å². The van der Waals surface area contributed by atoms with Crippen molar-refractivity contribution in [3.8, 4) is 0 Å². The van der Waals surface area contributed by atoms with Gasteiger partial charge in [0, 0.05) is 5.69 Å². The van der Waals surface area contributed by atoms with Crippen molar-refractivity contribution in [2.75, 3.05) is 5.32 Å². The molecule has 0 aliphatic carbocycles. The molecule has 0 fully saturated rings. The molecule has 0 bridgehead atoms. The Hall–Kier alpha value is -1.51. The van der Waals surface area contributed by atoms with Crippen LogP contribution in [0, 0.1) is 6.92 Å². The summed E-state index contributed by atoms with van der Waals surface area (Å²) < 4.78 is 5.25. The van der Waals surface area contributed by atoms with Crippen LogP contribution < -0.4 is 5.32 Å². The first-order valence-corrected chi connectivity index (χ1v) is 6.91. The lowest BCUT2D eigenvalue weighted by Crippen LogP contribution is -2.27. The van der Waals surface area contributed by atoms with Crippen molar-refractivity contribution in [2.45, 2.75) is 59.5 Å². The number of ether oxygens (including phenoxy) is 1. The van der Waals surface area contributed by atoms with Gasteiger partial charge >= 0.3 is 6.09 Å². The number of carbonyl (C=O) groups is 1. The van der Waals surface area contributed by atoms with E-state index in [1.54, 1.807) is 0 Å². The lowest BCUT2D eigenvalue weighted by Gasteiger charge is -2.20. The first-order valence-electron chi connectivity index (χ1n) is 6.91. The van der Waals surface area contributed by atoms with E-state index < -0.39 is 11.7 Å². The Labute approximate surface area is 116 Å². The summed E-state index contributed by atoms with van der Waals surface area (Å²) >= 11 is 0. The fourth-order valence-corrected chi connectivity index (χ4v) is 1.88. The molecule has 0 aliphatic heterocycles. The van der Waals surface area contributed by atoms with Gasteiger partial charge in [0.2, 0.25) is 0 Å². The summed E-state index contributed by atoms with van der Waals surface area (Å²) in [5.74, 6) is 0. The van der Waals surface area contributed by atoms with Crippen LogP contribution in [-0.2, 0) is 11.2 Å². The predicted molar refractivity (Wildman–Crippen MR) is 79.6 cm³/mol. The Morgan fingerprint density at radius 3 is 2.53 bits per heavy atom. The molecule has 1 aromatic carbocycles. The largest absolute Gasteiger partial charge is 0.444 e. The molecular formula is C16H25NO2. The summed E-state index contributed by atoms with van der Waals surface area (Å²) in [6, 6.07) is 6.14. The lowest BCUT2D eigenvalue weighted by molar-refractivity contribution is 0.0636. The molecule has 0 heterocycles. The quantitative estimate of drug-likeness (QED) is 0.856. The summed E-state index contributed by atoms with van der Waals surface area (Å²) in [5.41, 5.74) is 2.74. The average Bonchev–Trinajstić information content (AvgIpc) is 2.22. The lowest BCUT2D eigenvalue weighted by atomic mass is 10.0. The van der Waals surface area contributed by atoms with Gasteiger partial charge < -0.3 is 4.74 Å². The minimum atomic E-state index is -0.473. The number of carbonyl (C=O) groups excluding carboxylic acids is 1. The molecule has 0 aliphatic rings. The molecular weight excluding hydrogens is 238 g/mol. The third-order valence-corrected chi connectivity index (χ3v) is 2.60. The molecule has 0 aromatic heterocycles. The maximum absolute atomic E-state index is 11.7. The molecule has 106 valence electrons. The molecule has 0 unspecified atom stereocenters. The number of hydrogen-bond donors (Lipinski definition) is 1. The number of unbranched alkanes of at least 4 members (excludes halogenated alkanes) is 1. The molecule has 0 atom stereocenters. The molecule has 3 nitrogen and oxygen atoms in total. The second-order valence-corrected chi connectivity index (χ2v) is 5.94. The zero-order chi connectivity index (χ0) is 14.5. The van der Waals surface area contributed by atoms with Gasteiger partial charge in [0.15, 0.2) is 0 Å². The van der Waals surface area contributed by atoms with Crippen LogP contribution in [0.5, 0.6) is 0 Å². The molecule has 1 amide bonds. The molecule has 1 N–H and O–H groups in total. The van der Waals surface area contributed by atoms with Gasteiger partial charge in [-0.1, -0.05) is 19.4 Å². The van der Waals surface area contributed by atoms with E-state index in [-0.39, 0.29) is 0 Å². The maximum Gasteiger partial charge on any atom is 0.412 e. The minimum Gasteiger partial charge on any atom is -0.444 e. The van der Waals surface area contributed by atoms with E-state index in [1.165, 1.54) is 12.0 Å². The van der Waals surface area contributed by atoms with Gasteiger partial charge in [0.1, 0.15) is 5.60 Å². The zero-order valence-corrected chi connectivity index (χ0v) is 12.7. The fraction of sp³-hybridized carbons (Fsp3) is 0.562. The SMILES string of the molecule is CCCCc1cc(C)cc(NC(=O)OC(C)(C)C)c1. The highest BCUT2D eigenvalue weighted by Gasteiger charge is 2.16. The highest BCUT2D eigenvalue weighted by molar-refractivity contribution is 5.85. The Kier molecular flexibility index (Phi) is 5.40. The first kappa shape index (κ1) is 15.5. The van der Waals surface area contributed by atoms with Crippen molar-refractivity contribution < 1.29 is 9.53 Å². The van der Waals surface area contributed by atoms with Crippen LogP contribution in [0.2, 0.25) is 0 Å². The highest BCUT2D eigenvalue weighted by atomic mass is 16.6. The van der Waals surface area contributed by atoms with Crippen molar-refractivity contribution >= 4 is 11.8 Å². The Morgan fingerprint density at radius 2 is 1.95 bits per heavy atom. The summed E-state index contributed by atoms with van der Waals surface area (Å²) in [4.78, 5) is 11.7. The van der Waals surface area contributed by atoms with Crippen molar-refractivity contribution in [3.63, 3.8) is 0 Å².